The second-order valence-electron chi connectivity index (χ2n) is 14.0. The molecule has 0 unspecified atom stereocenters. The van der Waals surface area contributed by atoms with E-state index in [2.05, 4.69) is 46.4 Å². The van der Waals surface area contributed by atoms with E-state index in [1.165, 1.54) is 0 Å². The summed E-state index contributed by atoms with van der Waals surface area (Å²) in [6.45, 7) is 2.57. The van der Waals surface area contributed by atoms with Crippen molar-refractivity contribution in [3.63, 3.8) is 0 Å². The maximum absolute atomic E-state index is 6.29. The number of anilines is 2. The molecule has 0 radical (unpaired) electrons. The van der Waals surface area contributed by atoms with Gasteiger partial charge in [0, 0.05) is 12.4 Å². The molecule has 0 aliphatic rings. The van der Waals surface area contributed by atoms with E-state index in [1.54, 1.807) is 12.4 Å². The fourth-order valence-corrected chi connectivity index (χ4v) is 6.20. The highest BCUT2D eigenvalue weighted by Gasteiger charge is 2.09. The van der Waals surface area contributed by atoms with Gasteiger partial charge in [0.15, 0.2) is 0 Å². The van der Waals surface area contributed by atoms with Crippen molar-refractivity contribution in [3.8, 4) is 34.1 Å². The maximum Gasteiger partial charge on any atom is 0.142 e. The number of rotatable bonds is 23. The third-order valence-corrected chi connectivity index (χ3v) is 9.52. The molecule has 0 amide bonds. The van der Waals surface area contributed by atoms with Crippen molar-refractivity contribution in [2.24, 2.45) is 0 Å². The van der Waals surface area contributed by atoms with Gasteiger partial charge in [-0.1, -0.05) is 60.7 Å². The highest BCUT2D eigenvalue weighted by Crippen LogP contribution is 2.33. The molecule has 0 aliphatic heterocycles. The number of benzene rings is 4. The van der Waals surface area contributed by atoms with Crippen molar-refractivity contribution in [3.05, 3.63) is 156 Å². The lowest BCUT2D eigenvalue weighted by Crippen LogP contribution is -2.02. The minimum absolute atomic E-state index is 0.600. The van der Waals surface area contributed by atoms with E-state index in [0.717, 1.165) is 96.5 Å². The van der Waals surface area contributed by atoms with Crippen molar-refractivity contribution in [2.75, 3.05) is 37.9 Å². The monoisotopic (exact) mass is 774 g/mol. The molecule has 0 spiro atoms. The largest absolute Gasteiger partial charge is 0.494 e. The molecule has 6 rings (SSSR count). The lowest BCUT2D eigenvalue weighted by molar-refractivity contribution is 0.288. The molecule has 4 N–H and O–H groups in total. The van der Waals surface area contributed by atoms with Crippen LogP contribution in [0.1, 0.15) is 73.9 Å². The van der Waals surface area contributed by atoms with Crippen LogP contribution in [0.2, 0.25) is 0 Å². The SMILES string of the molecule is Nc1ccc(-c2ccc(N)c(OCCCCCCOc3ccc(/C=C/c4ccccn4)cc3)c2)cc1OCCCCCCOc1ccc(/C=C/c2ccccn2)cc1. The molecular weight excluding hydrogens is 721 g/mol. The zero-order chi connectivity index (χ0) is 40.0. The molecule has 298 valence electrons. The van der Waals surface area contributed by atoms with Crippen molar-refractivity contribution in [1.29, 1.82) is 0 Å². The van der Waals surface area contributed by atoms with Crippen LogP contribution in [0.25, 0.3) is 35.4 Å². The predicted octanol–water partition coefficient (Wildman–Crippen LogP) is 11.7. The molecule has 0 aliphatic carbocycles. The van der Waals surface area contributed by atoms with Crippen LogP contribution in [-0.2, 0) is 0 Å². The number of hydrogen-bond donors (Lipinski definition) is 2. The summed E-state index contributed by atoms with van der Waals surface area (Å²) in [6.07, 6.45) is 19.8. The van der Waals surface area contributed by atoms with E-state index < -0.39 is 0 Å². The topological polar surface area (TPSA) is 115 Å². The Morgan fingerprint density at radius 1 is 0.397 bits per heavy atom. The first-order valence-electron chi connectivity index (χ1n) is 20.3. The highest BCUT2D eigenvalue weighted by molar-refractivity contribution is 5.74. The number of ether oxygens (including phenoxy) is 4. The van der Waals surface area contributed by atoms with E-state index in [0.29, 0.717) is 49.3 Å². The Hall–Kier alpha value is -6.54. The van der Waals surface area contributed by atoms with Gasteiger partial charge in [-0.05, 0) is 159 Å². The number of aromatic nitrogens is 2. The quantitative estimate of drug-likeness (QED) is 0.0488. The second-order valence-corrected chi connectivity index (χ2v) is 14.0. The highest BCUT2D eigenvalue weighted by atomic mass is 16.5. The van der Waals surface area contributed by atoms with Crippen LogP contribution in [-0.4, -0.2) is 36.4 Å². The average molecular weight is 775 g/mol. The van der Waals surface area contributed by atoms with Gasteiger partial charge < -0.3 is 30.4 Å². The fourth-order valence-electron chi connectivity index (χ4n) is 6.20. The lowest BCUT2D eigenvalue weighted by Gasteiger charge is -2.13. The molecule has 4 aromatic carbocycles. The Morgan fingerprint density at radius 3 is 1.17 bits per heavy atom. The van der Waals surface area contributed by atoms with Crippen LogP contribution in [0, 0.1) is 0 Å². The minimum Gasteiger partial charge on any atom is -0.494 e. The van der Waals surface area contributed by atoms with Crippen molar-refractivity contribution >= 4 is 35.7 Å². The summed E-state index contributed by atoms with van der Waals surface area (Å²) >= 11 is 0. The predicted molar refractivity (Wildman–Crippen MR) is 239 cm³/mol. The van der Waals surface area contributed by atoms with Crippen LogP contribution >= 0.6 is 0 Å². The van der Waals surface area contributed by atoms with Crippen LogP contribution in [0.15, 0.2) is 134 Å². The molecule has 0 bridgehead atoms. The number of nitrogens with zero attached hydrogens (tertiary/aromatic N) is 2. The molecule has 0 fully saturated rings. The Balaban J connectivity index is 0.831. The van der Waals surface area contributed by atoms with Crippen molar-refractivity contribution in [1.82, 2.24) is 9.97 Å². The number of hydrogen-bond acceptors (Lipinski definition) is 8. The van der Waals surface area contributed by atoms with Gasteiger partial charge >= 0.3 is 0 Å². The molecular formula is C50H54N4O4. The lowest BCUT2D eigenvalue weighted by atomic mass is 10.0. The number of unbranched alkanes of at least 4 members (excludes halogenated alkanes) is 6. The standard InChI is InChI=1S/C50H54N4O4/c51-47-29-21-41(37-49(47)57-35-11-3-1-9-33-55-45-25-17-39(18-26-45)15-23-43-13-5-7-31-53-43)42-22-30-48(52)50(38-42)58-36-12-4-2-10-34-56-46-27-19-40(20-28-46)16-24-44-14-6-8-32-54-44/h5-8,13-32,37-38H,1-4,9-12,33-36,51-52H2/b23-15+,24-16+. The Kier molecular flexibility index (Phi) is 16.2. The van der Waals surface area contributed by atoms with Crippen LogP contribution in [0.5, 0.6) is 23.0 Å². The average Bonchev–Trinajstić information content (AvgIpc) is 3.26. The molecule has 2 heterocycles. The summed E-state index contributed by atoms with van der Waals surface area (Å²) in [5, 5.41) is 0. The van der Waals surface area contributed by atoms with Crippen molar-refractivity contribution < 1.29 is 18.9 Å². The first-order valence-corrected chi connectivity index (χ1v) is 20.3. The van der Waals surface area contributed by atoms with Gasteiger partial charge in [0.05, 0.1) is 49.2 Å². The minimum atomic E-state index is 0.600. The summed E-state index contributed by atoms with van der Waals surface area (Å²) in [4.78, 5) is 8.64. The van der Waals surface area contributed by atoms with E-state index in [1.807, 2.05) is 109 Å². The molecule has 58 heavy (non-hydrogen) atoms. The summed E-state index contributed by atoms with van der Waals surface area (Å²) in [7, 11) is 0. The van der Waals surface area contributed by atoms with Crippen LogP contribution in [0.3, 0.4) is 0 Å². The molecule has 0 atom stereocenters. The second kappa shape index (κ2) is 22.9. The van der Waals surface area contributed by atoms with Gasteiger partial charge in [0.25, 0.3) is 0 Å². The summed E-state index contributed by atoms with van der Waals surface area (Å²) in [5.74, 6) is 3.14. The third-order valence-electron chi connectivity index (χ3n) is 9.52. The first-order chi connectivity index (χ1) is 28.6. The van der Waals surface area contributed by atoms with Gasteiger partial charge in [0.1, 0.15) is 23.0 Å². The molecule has 0 saturated heterocycles. The van der Waals surface area contributed by atoms with Gasteiger partial charge in [0.2, 0.25) is 0 Å². The number of nitrogen functional groups attached to an aromatic ring is 2. The third kappa shape index (κ3) is 13.9. The number of pyridine rings is 2. The normalized spacial score (nSPS) is 11.2. The van der Waals surface area contributed by atoms with Gasteiger partial charge in [-0.2, -0.15) is 0 Å². The summed E-state index contributed by atoms with van der Waals surface area (Å²) < 4.78 is 24.2. The molecule has 2 aromatic heterocycles. The smallest absolute Gasteiger partial charge is 0.142 e. The zero-order valence-electron chi connectivity index (χ0n) is 33.2. The molecule has 0 saturated carbocycles. The molecule has 6 aromatic rings. The Morgan fingerprint density at radius 2 is 0.793 bits per heavy atom. The molecule has 8 nitrogen and oxygen atoms in total. The molecule has 8 heteroatoms. The van der Waals surface area contributed by atoms with Crippen LogP contribution in [0.4, 0.5) is 11.4 Å². The first kappa shape index (κ1) is 41.1. The van der Waals surface area contributed by atoms with E-state index in [4.69, 9.17) is 30.4 Å². The fraction of sp³-hybridized carbons (Fsp3) is 0.240. The van der Waals surface area contributed by atoms with Gasteiger partial charge in [-0.25, -0.2) is 0 Å². The summed E-state index contributed by atoms with van der Waals surface area (Å²) in [5.41, 5.74) is 19.9. The van der Waals surface area contributed by atoms with Crippen molar-refractivity contribution in [2.45, 2.75) is 51.4 Å². The number of nitrogens with two attached hydrogens (primary N) is 2. The summed E-state index contributed by atoms with van der Waals surface area (Å²) in [6, 6.07) is 39.8. The van der Waals surface area contributed by atoms with Crippen LogP contribution < -0.4 is 30.4 Å². The van der Waals surface area contributed by atoms with Gasteiger partial charge in [-0.3, -0.25) is 9.97 Å². The van der Waals surface area contributed by atoms with E-state index >= 15 is 0 Å². The Bertz CT molecular complexity index is 2000. The van der Waals surface area contributed by atoms with Gasteiger partial charge in [-0.15, -0.1) is 0 Å². The Labute approximate surface area is 343 Å². The van der Waals surface area contributed by atoms with E-state index in [9.17, 15) is 0 Å². The van der Waals surface area contributed by atoms with E-state index in [-0.39, 0.29) is 0 Å². The zero-order valence-corrected chi connectivity index (χ0v) is 33.2. The maximum atomic E-state index is 6.29.